The van der Waals surface area contributed by atoms with E-state index in [9.17, 15) is 4.79 Å². The number of nitrogens with two attached hydrogens (primary N) is 1. The van der Waals surface area contributed by atoms with Crippen molar-refractivity contribution in [2.75, 3.05) is 18.6 Å². The lowest BCUT2D eigenvalue weighted by Gasteiger charge is -2.30. The first-order chi connectivity index (χ1) is 16.1. The molecule has 0 bridgehead atoms. The van der Waals surface area contributed by atoms with E-state index in [2.05, 4.69) is 65.6 Å². The number of carbonyl (C=O) groups is 1. The van der Waals surface area contributed by atoms with Gasteiger partial charge in [0, 0.05) is 15.9 Å². The third kappa shape index (κ3) is 4.60. The van der Waals surface area contributed by atoms with Crippen molar-refractivity contribution >= 4 is 56.9 Å². The fourth-order valence-electron chi connectivity index (χ4n) is 4.07. The number of fused-ring (bicyclic) bond motifs is 3. The Balaban J connectivity index is 1.55. The third-order valence-corrected chi connectivity index (χ3v) is 9.39. The highest BCUT2D eigenvalue weighted by molar-refractivity contribution is 8.00. The Kier molecular flexibility index (Phi) is 6.57. The molecule has 3 heterocycles. The average Bonchev–Trinajstić information content (AvgIpc) is 3.23. The van der Waals surface area contributed by atoms with Gasteiger partial charge in [-0.15, -0.1) is 23.1 Å². The van der Waals surface area contributed by atoms with Gasteiger partial charge >= 0.3 is 5.97 Å². The van der Waals surface area contributed by atoms with E-state index in [-0.39, 0.29) is 11.2 Å². The Labute approximate surface area is 205 Å². The van der Waals surface area contributed by atoms with Crippen LogP contribution in [0, 0.1) is 0 Å². The van der Waals surface area contributed by atoms with Gasteiger partial charge < -0.3 is 10.5 Å². The van der Waals surface area contributed by atoms with Crippen LogP contribution in [-0.4, -0.2) is 28.8 Å². The molecule has 2 N–H and O–H groups in total. The van der Waals surface area contributed by atoms with E-state index in [1.807, 2.05) is 11.8 Å². The van der Waals surface area contributed by atoms with Crippen LogP contribution in [0.3, 0.4) is 0 Å². The summed E-state index contributed by atoms with van der Waals surface area (Å²) in [7, 11) is 1.40. The number of ether oxygens (including phenoxy) is 1. The van der Waals surface area contributed by atoms with Gasteiger partial charge in [-0.2, -0.15) is 0 Å². The van der Waals surface area contributed by atoms with E-state index in [0.29, 0.717) is 28.4 Å². The second-order valence-electron chi connectivity index (χ2n) is 7.72. The minimum atomic E-state index is -0.238. The summed E-state index contributed by atoms with van der Waals surface area (Å²) >= 11 is 5.14. The lowest BCUT2D eigenvalue weighted by Crippen LogP contribution is -2.12. The van der Waals surface area contributed by atoms with Gasteiger partial charge in [0.1, 0.15) is 10.6 Å². The topological polar surface area (TPSA) is 78.1 Å². The molecule has 33 heavy (non-hydrogen) atoms. The highest BCUT2D eigenvalue weighted by Gasteiger charge is 2.34. The van der Waals surface area contributed by atoms with Crippen LogP contribution in [0.2, 0.25) is 0 Å². The van der Waals surface area contributed by atoms with E-state index in [1.165, 1.54) is 40.4 Å². The molecular weight excluding hydrogens is 470 g/mol. The minimum Gasteiger partial charge on any atom is -0.469 e. The number of nitrogen functional groups attached to an aromatic ring is 1. The van der Waals surface area contributed by atoms with Gasteiger partial charge in [0.15, 0.2) is 5.16 Å². The molecule has 2 aromatic carbocycles. The molecule has 0 saturated heterocycles. The van der Waals surface area contributed by atoms with Crippen molar-refractivity contribution in [1.82, 2.24) is 9.97 Å². The van der Waals surface area contributed by atoms with Crippen molar-refractivity contribution in [1.29, 1.82) is 0 Å². The maximum Gasteiger partial charge on any atom is 0.306 e. The molecule has 0 spiro atoms. The summed E-state index contributed by atoms with van der Waals surface area (Å²) in [5, 5.41) is 2.13. The van der Waals surface area contributed by atoms with Crippen molar-refractivity contribution in [2.45, 2.75) is 28.5 Å². The molecule has 1 aliphatic rings. The summed E-state index contributed by atoms with van der Waals surface area (Å²) in [5.41, 5.74) is 10.4. The SMILES string of the molecule is COC(=O)CCSc1nc(N)c2c3c(sc2n1)[C@H](c1ccccc1)S[C@@H](c1ccccc1)C3. The molecule has 1 aliphatic heterocycles. The maximum atomic E-state index is 11.4. The van der Waals surface area contributed by atoms with Crippen LogP contribution in [0.15, 0.2) is 65.8 Å². The summed E-state index contributed by atoms with van der Waals surface area (Å²) < 4.78 is 4.72. The number of esters is 1. The van der Waals surface area contributed by atoms with Crippen LogP contribution in [0.25, 0.3) is 10.2 Å². The summed E-state index contributed by atoms with van der Waals surface area (Å²) in [5.74, 6) is 0.836. The van der Waals surface area contributed by atoms with Crippen LogP contribution in [0.1, 0.15) is 38.5 Å². The number of methoxy groups -OCH3 is 1. The number of anilines is 1. The zero-order valence-corrected chi connectivity index (χ0v) is 20.5. The number of rotatable bonds is 6. The van der Waals surface area contributed by atoms with Crippen LogP contribution in [0.4, 0.5) is 5.82 Å². The zero-order valence-electron chi connectivity index (χ0n) is 18.1. The monoisotopic (exact) mass is 493 g/mol. The first-order valence-corrected chi connectivity index (χ1v) is 13.4. The summed E-state index contributed by atoms with van der Waals surface area (Å²) in [6.45, 7) is 0. The first-order valence-electron chi connectivity index (χ1n) is 10.7. The van der Waals surface area contributed by atoms with Gasteiger partial charge in [0.25, 0.3) is 0 Å². The fourth-order valence-corrected chi connectivity index (χ4v) is 7.92. The van der Waals surface area contributed by atoms with Gasteiger partial charge in [-0.1, -0.05) is 72.4 Å². The fraction of sp³-hybridized carbons (Fsp3) is 0.240. The predicted octanol–water partition coefficient (Wildman–Crippen LogP) is 6.05. The van der Waals surface area contributed by atoms with E-state index in [4.69, 9.17) is 15.5 Å². The minimum absolute atomic E-state index is 0.217. The molecule has 0 fully saturated rings. The Hall–Kier alpha value is -2.55. The lowest BCUT2D eigenvalue weighted by atomic mass is 9.98. The van der Waals surface area contributed by atoms with Crippen molar-refractivity contribution in [3.63, 3.8) is 0 Å². The molecular formula is C25H23N3O2S3. The molecule has 0 unspecified atom stereocenters. The standard InChI is InChI=1S/C25H23N3O2S3/c1-30-19(29)12-13-31-25-27-23(26)20-17-14-18(15-8-4-2-5-9-15)32-21(16-10-6-3-7-11-16)22(17)33-24(20)28-25/h2-11,18,21H,12-14H2,1H3,(H2,26,27,28)/t18-,21+/m1/s1. The smallest absolute Gasteiger partial charge is 0.306 e. The zero-order chi connectivity index (χ0) is 22.8. The van der Waals surface area contributed by atoms with Crippen LogP contribution < -0.4 is 5.73 Å². The molecule has 168 valence electrons. The van der Waals surface area contributed by atoms with Crippen LogP contribution in [0.5, 0.6) is 0 Å². The Morgan fingerprint density at radius 3 is 2.48 bits per heavy atom. The van der Waals surface area contributed by atoms with Crippen LogP contribution >= 0.6 is 34.9 Å². The van der Waals surface area contributed by atoms with Gasteiger partial charge in [-0.25, -0.2) is 9.97 Å². The second kappa shape index (κ2) is 9.75. The van der Waals surface area contributed by atoms with Gasteiger partial charge in [-0.3, -0.25) is 4.79 Å². The molecule has 2 atom stereocenters. The third-order valence-electron chi connectivity index (χ3n) is 5.66. The number of aromatic nitrogens is 2. The highest BCUT2D eigenvalue weighted by Crippen LogP contribution is 2.55. The first kappa shape index (κ1) is 22.3. The van der Waals surface area contributed by atoms with Gasteiger partial charge in [-0.05, 0) is 23.1 Å². The van der Waals surface area contributed by atoms with E-state index in [0.717, 1.165) is 16.6 Å². The number of thioether (sulfide) groups is 2. The molecule has 0 aliphatic carbocycles. The Morgan fingerprint density at radius 1 is 1.09 bits per heavy atom. The number of carbonyl (C=O) groups excluding carboxylic acids is 1. The molecule has 8 heteroatoms. The van der Waals surface area contributed by atoms with Crippen molar-refractivity contribution < 1.29 is 9.53 Å². The van der Waals surface area contributed by atoms with Crippen LogP contribution in [-0.2, 0) is 16.0 Å². The summed E-state index contributed by atoms with van der Waals surface area (Å²) in [4.78, 5) is 23.1. The molecule has 4 aromatic rings. The largest absolute Gasteiger partial charge is 0.469 e. The van der Waals surface area contributed by atoms with Gasteiger partial charge in [0.2, 0.25) is 0 Å². The predicted molar refractivity (Wildman–Crippen MR) is 138 cm³/mol. The quantitative estimate of drug-likeness (QED) is 0.199. The molecule has 0 radical (unpaired) electrons. The number of thiophene rings is 1. The van der Waals surface area contributed by atoms with Gasteiger partial charge in [0.05, 0.1) is 24.2 Å². The van der Waals surface area contributed by atoms with E-state index >= 15 is 0 Å². The second-order valence-corrected chi connectivity index (χ2v) is 11.1. The molecule has 5 nitrogen and oxygen atoms in total. The summed E-state index contributed by atoms with van der Waals surface area (Å²) in [6, 6.07) is 21.3. The Bertz CT molecular complexity index is 1280. The number of nitrogens with zero attached hydrogens (tertiary/aromatic N) is 2. The van der Waals surface area contributed by atoms with Crippen molar-refractivity contribution in [2.24, 2.45) is 0 Å². The average molecular weight is 494 g/mol. The highest BCUT2D eigenvalue weighted by atomic mass is 32.2. The van der Waals surface area contributed by atoms with Crippen molar-refractivity contribution in [3.8, 4) is 0 Å². The summed E-state index contributed by atoms with van der Waals surface area (Å²) in [6.07, 6.45) is 1.21. The molecule has 0 amide bonds. The molecule has 0 saturated carbocycles. The number of hydrogen-bond donors (Lipinski definition) is 1. The Morgan fingerprint density at radius 2 is 1.79 bits per heavy atom. The normalized spacial score (nSPS) is 17.6. The molecule has 2 aromatic heterocycles. The van der Waals surface area contributed by atoms with E-state index in [1.54, 1.807) is 11.3 Å². The van der Waals surface area contributed by atoms with Crippen molar-refractivity contribution in [3.05, 3.63) is 82.2 Å². The van der Waals surface area contributed by atoms with E-state index < -0.39 is 0 Å². The maximum absolute atomic E-state index is 11.4. The molecule has 5 rings (SSSR count). The number of hydrogen-bond acceptors (Lipinski definition) is 8. The number of benzene rings is 2. The lowest BCUT2D eigenvalue weighted by molar-refractivity contribution is -0.140.